The molecule has 4 rings (SSSR count). The van der Waals surface area contributed by atoms with Gasteiger partial charge in [0, 0.05) is 38.2 Å². The Morgan fingerprint density at radius 2 is 2.00 bits per heavy atom. The molecule has 2 aromatic rings. The van der Waals surface area contributed by atoms with Crippen molar-refractivity contribution in [1.82, 2.24) is 4.31 Å². The summed E-state index contributed by atoms with van der Waals surface area (Å²) >= 11 is 7.39. The molecule has 2 aliphatic rings. The summed E-state index contributed by atoms with van der Waals surface area (Å²) < 4.78 is 27.5. The minimum Gasteiger partial charge on any atom is -0.371 e. The van der Waals surface area contributed by atoms with Crippen molar-refractivity contribution in [2.75, 3.05) is 43.0 Å². The van der Waals surface area contributed by atoms with Crippen LogP contribution < -0.4 is 9.80 Å². The lowest BCUT2D eigenvalue weighted by atomic mass is 9.97. The van der Waals surface area contributed by atoms with E-state index in [2.05, 4.69) is 4.90 Å². The minimum absolute atomic E-state index is 0.0253. The number of halogens is 1. The fraction of sp³-hybridized carbons (Fsp3) is 0.421. The summed E-state index contributed by atoms with van der Waals surface area (Å²) in [6.07, 6.45) is 1.37. The van der Waals surface area contributed by atoms with Crippen LogP contribution in [0.3, 0.4) is 0 Å². The van der Waals surface area contributed by atoms with Gasteiger partial charge in [0.1, 0.15) is 4.21 Å². The lowest BCUT2D eigenvalue weighted by molar-refractivity contribution is -0.123. The van der Waals surface area contributed by atoms with Crippen LogP contribution in [-0.4, -0.2) is 51.9 Å². The molecule has 2 aliphatic heterocycles. The molecule has 1 fully saturated rings. The number of sulfonamides is 1. The number of likely N-dealkylation sites (N-methyl/N-ethyl adjacent to an activating group) is 1. The van der Waals surface area contributed by atoms with Crippen molar-refractivity contribution >= 4 is 50.2 Å². The second kappa shape index (κ2) is 7.67. The second-order valence-electron chi connectivity index (χ2n) is 7.18. The molecular weight excluding hydrogens is 418 g/mol. The zero-order valence-electron chi connectivity index (χ0n) is 15.5. The summed E-state index contributed by atoms with van der Waals surface area (Å²) in [6, 6.07) is 8.90. The monoisotopic (exact) mass is 439 g/mol. The average Bonchev–Trinajstić information content (AvgIpc) is 3.23. The molecule has 1 atom stereocenters. The van der Waals surface area contributed by atoms with Crippen molar-refractivity contribution in [3.05, 3.63) is 40.7 Å². The first-order chi connectivity index (χ1) is 13.4. The van der Waals surface area contributed by atoms with Crippen LogP contribution in [0.25, 0.3) is 0 Å². The van der Waals surface area contributed by atoms with E-state index < -0.39 is 10.0 Å². The van der Waals surface area contributed by atoms with E-state index in [1.165, 1.54) is 15.6 Å². The number of hydrogen-bond acceptors (Lipinski definition) is 5. The van der Waals surface area contributed by atoms with Crippen LogP contribution in [0.4, 0.5) is 11.4 Å². The highest BCUT2D eigenvalue weighted by molar-refractivity contribution is 7.91. The lowest BCUT2D eigenvalue weighted by Crippen LogP contribution is -2.50. The molecule has 150 valence electrons. The first-order valence-corrected chi connectivity index (χ1v) is 11.9. The van der Waals surface area contributed by atoms with E-state index in [4.69, 9.17) is 11.6 Å². The molecule has 28 heavy (non-hydrogen) atoms. The molecule has 6 nitrogen and oxygen atoms in total. The van der Waals surface area contributed by atoms with E-state index in [1.807, 2.05) is 25.2 Å². The number of thiophene rings is 1. The number of anilines is 2. The Labute approximate surface area is 174 Å². The molecule has 0 unspecified atom stereocenters. The third-order valence-electron chi connectivity index (χ3n) is 5.39. The van der Waals surface area contributed by atoms with Crippen LogP contribution in [0.15, 0.2) is 39.9 Å². The molecule has 1 amide bonds. The smallest absolute Gasteiger partial charge is 0.252 e. The van der Waals surface area contributed by atoms with Crippen LogP contribution in [0.1, 0.15) is 12.8 Å². The molecule has 0 bridgehead atoms. The number of rotatable bonds is 3. The van der Waals surface area contributed by atoms with Gasteiger partial charge in [-0.2, -0.15) is 4.31 Å². The summed E-state index contributed by atoms with van der Waals surface area (Å²) in [4.78, 5) is 17.2. The van der Waals surface area contributed by atoms with Crippen molar-refractivity contribution in [1.29, 1.82) is 0 Å². The number of carbonyl (C=O) groups is 1. The number of amides is 1. The first-order valence-electron chi connectivity index (χ1n) is 9.23. The summed E-state index contributed by atoms with van der Waals surface area (Å²) in [7, 11) is -1.55. The number of hydrogen-bond donors (Lipinski definition) is 0. The maximum atomic E-state index is 13.3. The Hall–Kier alpha value is -1.61. The van der Waals surface area contributed by atoms with E-state index in [0.717, 1.165) is 17.9 Å². The van der Waals surface area contributed by atoms with Gasteiger partial charge in [0.25, 0.3) is 10.0 Å². The maximum absolute atomic E-state index is 13.3. The van der Waals surface area contributed by atoms with Crippen molar-refractivity contribution in [2.45, 2.75) is 17.1 Å². The van der Waals surface area contributed by atoms with E-state index in [1.54, 1.807) is 22.4 Å². The fourth-order valence-electron chi connectivity index (χ4n) is 3.88. The molecule has 0 radical (unpaired) electrons. The van der Waals surface area contributed by atoms with Gasteiger partial charge in [-0.3, -0.25) is 4.79 Å². The Balaban J connectivity index is 1.58. The van der Waals surface area contributed by atoms with Crippen LogP contribution in [0.2, 0.25) is 5.02 Å². The lowest BCUT2D eigenvalue weighted by Gasteiger charge is -2.39. The quantitative estimate of drug-likeness (QED) is 0.736. The van der Waals surface area contributed by atoms with E-state index in [0.29, 0.717) is 35.2 Å². The Bertz CT molecular complexity index is 978. The fourth-order valence-corrected chi connectivity index (χ4v) is 6.71. The highest BCUT2D eigenvalue weighted by atomic mass is 35.5. The zero-order valence-corrected chi connectivity index (χ0v) is 17.9. The molecule has 1 saturated heterocycles. The second-order valence-corrected chi connectivity index (χ2v) is 10.7. The van der Waals surface area contributed by atoms with Gasteiger partial charge in [-0.25, -0.2) is 8.42 Å². The van der Waals surface area contributed by atoms with E-state index >= 15 is 0 Å². The predicted molar refractivity (Wildman–Crippen MR) is 113 cm³/mol. The van der Waals surface area contributed by atoms with Crippen molar-refractivity contribution in [3.8, 4) is 0 Å². The van der Waals surface area contributed by atoms with Gasteiger partial charge in [-0.1, -0.05) is 17.7 Å². The van der Waals surface area contributed by atoms with Gasteiger partial charge >= 0.3 is 0 Å². The van der Waals surface area contributed by atoms with Gasteiger partial charge < -0.3 is 9.80 Å². The summed E-state index contributed by atoms with van der Waals surface area (Å²) in [5.74, 6) is -0.374. The topological polar surface area (TPSA) is 60.9 Å². The largest absolute Gasteiger partial charge is 0.371 e. The molecule has 1 aromatic carbocycles. The Kier molecular flexibility index (Phi) is 5.39. The Morgan fingerprint density at radius 3 is 2.75 bits per heavy atom. The van der Waals surface area contributed by atoms with E-state index in [-0.39, 0.29) is 18.4 Å². The van der Waals surface area contributed by atoms with Crippen LogP contribution in [0, 0.1) is 5.92 Å². The zero-order chi connectivity index (χ0) is 19.9. The normalized spacial score (nSPS) is 20.9. The molecule has 3 heterocycles. The van der Waals surface area contributed by atoms with Crippen LogP contribution in [-0.2, 0) is 14.8 Å². The van der Waals surface area contributed by atoms with E-state index in [9.17, 15) is 13.2 Å². The van der Waals surface area contributed by atoms with Crippen molar-refractivity contribution < 1.29 is 13.2 Å². The maximum Gasteiger partial charge on any atom is 0.252 e. The predicted octanol–water partition coefficient (Wildman–Crippen LogP) is 3.29. The molecule has 0 spiro atoms. The van der Waals surface area contributed by atoms with Gasteiger partial charge in [-0.15, -0.1) is 11.3 Å². The SMILES string of the molecule is CN1CCN(C(=O)[C@H]2CCCN(S(=O)(=O)c3cccs3)C2)c2cc(Cl)ccc21. The highest BCUT2D eigenvalue weighted by Gasteiger charge is 2.37. The molecule has 9 heteroatoms. The van der Waals surface area contributed by atoms with Crippen molar-refractivity contribution in [2.24, 2.45) is 5.92 Å². The molecule has 0 N–H and O–H groups in total. The Morgan fingerprint density at radius 1 is 1.18 bits per heavy atom. The van der Waals surface area contributed by atoms with Gasteiger partial charge in [0.05, 0.1) is 17.3 Å². The summed E-state index contributed by atoms with van der Waals surface area (Å²) in [5, 5.41) is 2.34. The number of carbonyl (C=O) groups excluding carboxylic acids is 1. The third kappa shape index (κ3) is 3.54. The number of benzene rings is 1. The first kappa shape index (κ1) is 19.7. The molecule has 1 aromatic heterocycles. The molecule has 0 saturated carbocycles. The van der Waals surface area contributed by atoms with Gasteiger partial charge in [0.2, 0.25) is 5.91 Å². The molecular formula is C19H22ClN3O3S2. The number of fused-ring (bicyclic) bond motifs is 1. The van der Waals surface area contributed by atoms with Gasteiger partial charge in [0.15, 0.2) is 0 Å². The third-order valence-corrected chi connectivity index (χ3v) is 8.86. The van der Waals surface area contributed by atoms with Crippen molar-refractivity contribution in [3.63, 3.8) is 0 Å². The standard InChI is InChI=1S/C19H22ClN3O3S2/c1-21-9-10-23(17-12-15(20)6-7-16(17)21)19(24)14-4-2-8-22(13-14)28(25,26)18-5-3-11-27-18/h3,5-7,11-12,14H,2,4,8-10,13H2,1H3/t14-/m0/s1. The highest BCUT2D eigenvalue weighted by Crippen LogP contribution is 2.36. The van der Waals surface area contributed by atoms with Gasteiger partial charge in [-0.05, 0) is 42.5 Å². The molecule has 0 aliphatic carbocycles. The number of piperidine rings is 1. The summed E-state index contributed by atoms with van der Waals surface area (Å²) in [6.45, 7) is 1.97. The summed E-state index contributed by atoms with van der Waals surface area (Å²) in [5.41, 5.74) is 1.76. The van der Waals surface area contributed by atoms with Crippen LogP contribution in [0.5, 0.6) is 0 Å². The number of nitrogens with zero attached hydrogens (tertiary/aromatic N) is 3. The van der Waals surface area contributed by atoms with Crippen LogP contribution >= 0.6 is 22.9 Å². The average molecular weight is 440 g/mol. The minimum atomic E-state index is -3.54.